The second-order valence-corrected chi connectivity index (χ2v) is 3.82. The molecule has 15 heavy (non-hydrogen) atoms. The van der Waals surface area contributed by atoms with E-state index in [-0.39, 0.29) is 6.42 Å². The zero-order chi connectivity index (χ0) is 11.4. The largest absolute Gasteiger partial charge is 0.469 e. The molecule has 5 heteroatoms. The van der Waals surface area contributed by atoms with E-state index in [0.29, 0.717) is 10.0 Å². The van der Waals surface area contributed by atoms with Gasteiger partial charge in [-0.25, -0.2) is 4.39 Å². The van der Waals surface area contributed by atoms with Crippen molar-refractivity contribution in [1.29, 1.82) is 0 Å². The van der Waals surface area contributed by atoms with Gasteiger partial charge in [-0.15, -0.1) is 0 Å². The van der Waals surface area contributed by atoms with Crippen LogP contribution in [0.3, 0.4) is 0 Å². The predicted octanol–water partition coefficient (Wildman–Crippen LogP) is 2.18. The molecule has 1 aromatic rings. The fraction of sp³-hybridized carbons (Fsp3) is 0.300. The van der Waals surface area contributed by atoms with Crippen LogP contribution in [0.1, 0.15) is 18.1 Å². The lowest BCUT2D eigenvalue weighted by atomic mass is 10.1. The number of aliphatic hydroxyl groups is 1. The summed E-state index contributed by atoms with van der Waals surface area (Å²) in [4.78, 5) is 10.9. The van der Waals surface area contributed by atoms with Gasteiger partial charge < -0.3 is 9.84 Å². The van der Waals surface area contributed by atoms with Crippen LogP contribution in [0.5, 0.6) is 0 Å². The molecular formula is C10H10BrFO3. The summed E-state index contributed by atoms with van der Waals surface area (Å²) >= 11 is 3.11. The monoisotopic (exact) mass is 276 g/mol. The Morgan fingerprint density at radius 3 is 2.87 bits per heavy atom. The summed E-state index contributed by atoms with van der Waals surface area (Å²) in [5.41, 5.74) is 0.460. The Kier molecular flexibility index (Phi) is 4.23. The van der Waals surface area contributed by atoms with Gasteiger partial charge in [-0.2, -0.15) is 0 Å². The summed E-state index contributed by atoms with van der Waals surface area (Å²) in [6, 6.07) is 3.88. The van der Waals surface area contributed by atoms with Crippen LogP contribution >= 0.6 is 15.9 Å². The van der Waals surface area contributed by atoms with E-state index in [4.69, 9.17) is 0 Å². The van der Waals surface area contributed by atoms with Gasteiger partial charge in [0, 0.05) is 4.47 Å². The minimum absolute atomic E-state index is 0.152. The molecule has 3 nitrogen and oxygen atoms in total. The number of benzene rings is 1. The fourth-order valence-electron chi connectivity index (χ4n) is 1.12. The van der Waals surface area contributed by atoms with Gasteiger partial charge in [0.2, 0.25) is 0 Å². The van der Waals surface area contributed by atoms with E-state index in [1.807, 2.05) is 0 Å². The van der Waals surface area contributed by atoms with E-state index in [2.05, 4.69) is 20.7 Å². The van der Waals surface area contributed by atoms with Gasteiger partial charge in [0.05, 0.1) is 19.6 Å². The first-order chi connectivity index (χ1) is 7.04. The number of esters is 1. The molecule has 0 saturated carbocycles. The van der Waals surface area contributed by atoms with E-state index < -0.39 is 17.9 Å². The van der Waals surface area contributed by atoms with Crippen molar-refractivity contribution >= 4 is 21.9 Å². The molecule has 0 fully saturated rings. The van der Waals surface area contributed by atoms with Crippen molar-refractivity contribution in [2.75, 3.05) is 7.11 Å². The summed E-state index contributed by atoms with van der Waals surface area (Å²) in [5, 5.41) is 9.64. The number of hydrogen-bond donors (Lipinski definition) is 1. The second kappa shape index (κ2) is 5.23. The van der Waals surface area contributed by atoms with Gasteiger partial charge >= 0.3 is 5.97 Å². The maximum atomic E-state index is 12.7. The van der Waals surface area contributed by atoms with Crippen molar-refractivity contribution in [3.63, 3.8) is 0 Å². The molecular weight excluding hydrogens is 267 g/mol. The Hall–Kier alpha value is -0.940. The molecule has 0 bridgehead atoms. The lowest BCUT2D eigenvalue weighted by Gasteiger charge is -2.11. The van der Waals surface area contributed by atoms with Gasteiger partial charge in [0.1, 0.15) is 5.82 Å². The van der Waals surface area contributed by atoms with Crippen LogP contribution in [0, 0.1) is 5.82 Å². The van der Waals surface area contributed by atoms with Crippen LogP contribution < -0.4 is 0 Å². The molecule has 0 radical (unpaired) electrons. The SMILES string of the molecule is COC(=O)C[C@@H](O)c1ccc(F)cc1Br. The maximum absolute atomic E-state index is 12.7. The third-order valence-electron chi connectivity index (χ3n) is 1.91. The Bertz CT molecular complexity index is 368. The number of halogens is 2. The van der Waals surface area contributed by atoms with Gasteiger partial charge in [-0.05, 0) is 17.7 Å². The topological polar surface area (TPSA) is 46.5 Å². The molecule has 1 atom stereocenters. The highest BCUT2D eigenvalue weighted by Gasteiger charge is 2.16. The number of hydrogen-bond acceptors (Lipinski definition) is 3. The van der Waals surface area contributed by atoms with Gasteiger partial charge in [-0.3, -0.25) is 4.79 Å². The van der Waals surface area contributed by atoms with Crippen LogP contribution in [0.4, 0.5) is 4.39 Å². The zero-order valence-corrected chi connectivity index (χ0v) is 9.62. The standard InChI is InChI=1S/C10H10BrFO3/c1-15-10(14)5-9(13)7-3-2-6(12)4-8(7)11/h2-4,9,13H,5H2,1H3/t9-/m1/s1. The molecule has 0 spiro atoms. The molecule has 0 aromatic heterocycles. The predicted molar refractivity (Wildman–Crippen MR) is 55.7 cm³/mol. The van der Waals surface area contributed by atoms with Crippen molar-refractivity contribution in [3.05, 3.63) is 34.1 Å². The molecule has 0 aliphatic heterocycles. The minimum Gasteiger partial charge on any atom is -0.469 e. The quantitative estimate of drug-likeness (QED) is 0.861. The molecule has 1 N–H and O–H groups in total. The highest BCUT2D eigenvalue weighted by atomic mass is 79.9. The van der Waals surface area contributed by atoms with Crippen molar-refractivity contribution in [2.24, 2.45) is 0 Å². The third kappa shape index (κ3) is 3.28. The van der Waals surface area contributed by atoms with Crippen molar-refractivity contribution in [2.45, 2.75) is 12.5 Å². The first-order valence-corrected chi connectivity index (χ1v) is 5.03. The van der Waals surface area contributed by atoms with Crippen molar-refractivity contribution in [1.82, 2.24) is 0 Å². The van der Waals surface area contributed by atoms with E-state index in [0.717, 1.165) is 0 Å². The van der Waals surface area contributed by atoms with Crippen molar-refractivity contribution < 1.29 is 19.0 Å². The highest BCUT2D eigenvalue weighted by molar-refractivity contribution is 9.10. The van der Waals surface area contributed by atoms with Gasteiger partial charge in [0.25, 0.3) is 0 Å². The summed E-state index contributed by atoms with van der Waals surface area (Å²) in [5.74, 6) is -0.922. The van der Waals surface area contributed by atoms with Gasteiger partial charge in [0.15, 0.2) is 0 Å². The second-order valence-electron chi connectivity index (χ2n) is 2.96. The molecule has 0 heterocycles. The summed E-state index contributed by atoms with van der Waals surface area (Å²) in [6.07, 6.45) is -1.15. The summed E-state index contributed by atoms with van der Waals surface area (Å²) < 4.78 is 17.6. The lowest BCUT2D eigenvalue weighted by molar-refractivity contribution is -0.142. The van der Waals surface area contributed by atoms with E-state index >= 15 is 0 Å². The summed E-state index contributed by atoms with van der Waals surface area (Å²) in [6.45, 7) is 0. The average Bonchev–Trinajstić information content (AvgIpc) is 2.17. The van der Waals surface area contributed by atoms with Crippen LogP contribution in [0.25, 0.3) is 0 Å². The molecule has 0 aliphatic carbocycles. The van der Waals surface area contributed by atoms with E-state index in [1.165, 1.54) is 25.3 Å². The first kappa shape index (κ1) is 12.1. The van der Waals surface area contributed by atoms with E-state index in [9.17, 15) is 14.3 Å². The third-order valence-corrected chi connectivity index (χ3v) is 2.60. The fourth-order valence-corrected chi connectivity index (χ4v) is 1.74. The normalized spacial score (nSPS) is 12.3. The number of carbonyl (C=O) groups is 1. The first-order valence-electron chi connectivity index (χ1n) is 4.24. The maximum Gasteiger partial charge on any atom is 0.308 e. The molecule has 1 rings (SSSR count). The molecule has 0 unspecified atom stereocenters. The van der Waals surface area contributed by atoms with Gasteiger partial charge in [-0.1, -0.05) is 22.0 Å². The van der Waals surface area contributed by atoms with Crippen LogP contribution in [0.15, 0.2) is 22.7 Å². The Labute approximate surface area is 95.0 Å². The number of rotatable bonds is 3. The number of methoxy groups -OCH3 is 1. The minimum atomic E-state index is -0.993. The number of carbonyl (C=O) groups excluding carboxylic acids is 1. The van der Waals surface area contributed by atoms with E-state index in [1.54, 1.807) is 0 Å². The highest BCUT2D eigenvalue weighted by Crippen LogP contribution is 2.26. The molecule has 82 valence electrons. The molecule has 1 aromatic carbocycles. The van der Waals surface area contributed by atoms with Crippen LogP contribution in [0.2, 0.25) is 0 Å². The number of ether oxygens (including phenoxy) is 1. The molecule has 0 saturated heterocycles. The molecule has 0 aliphatic rings. The number of aliphatic hydroxyl groups excluding tert-OH is 1. The Morgan fingerprint density at radius 1 is 1.67 bits per heavy atom. The Morgan fingerprint density at radius 2 is 2.33 bits per heavy atom. The van der Waals surface area contributed by atoms with Crippen LogP contribution in [-0.4, -0.2) is 18.2 Å². The lowest BCUT2D eigenvalue weighted by Crippen LogP contribution is -2.08. The Balaban J connectivity index is 2.82. The summed E-state index contributed by atoms with van der Waals surface area (Å²) in [7, 11) is 1.24. The smallest absolute Gasteiger partial charge is 0.308 e. The zero-order valence-electron chi connectivity index (χ0n) is 8.04. The average molecular weight is 277 g/mol. The van der Waals surface area contributed by atoms with Crippen LogP contribution in [-0.2, 0) is 9.53 Å². The van der Waals surface area contributed by atoms with Crippen molar-refractivity contribution in [3.8, 4) is 0 Å². The molecule has 0 amide bonds.